The van der Waals surface area contributed by atoms with Gasteiger partial charge in [0.25, 0.3) is 5.88 Å². The fourth-order valence-corrected chi connectivity index (χ4v) is 4.72. The Kier molecular flexibility index (Phi) is 5.81. The topological polar surface area (TPSA) is 84.9 Å². The Bertz CT molecular complexity index is 888. The van der Waals surface area contributed by atoms with Gasteiger partial charge in [-0.1, -0.05) is 12.1 Å². The summed E-state index contributed by atoms with van der Waals surface area (Å²) in [5.74, 6) is 1.36. The first kappa shape index (κ1) is 19.4. The summed E-state index contributed by atoms with van der Waals surface area (Å²) in [4.78, 5) is 10.5. The lowest BCUT2D eigenvalue weighted by Crippen LogP contribution is -2.44. The van der Waals surface area contributed by atoms with E-state index in [-0.39, 0.29) is 17.5 Å². The Morgan fingerprint density at radius 2 is 1.93 bits per heavy atom. The molecule has 1 aromatic carbocycles. The Labute approximate surface area is 159 Å². The van der Waals surface area contributed by atoms with Crippen molar-refractivity contribution in [3.63, 3.8) is 0 Å². The maximum absolute atomic E-state index is 13.1. The Morgan fingerprint density at radius 1 is 1.19 bits per heavy atom. The number of anilines is 1. The lowest BCUT2D eigenvalue weighted by Gasteiger charge is -2.32. The fraction of sp³-hybridized carbons (Fsp3) is 0.444. The molecule has 9 heteroatoms. The van der Waals surface area contributed by atoms with Gasteiger partial charge in [0.05, 0.1) is 13.7 Å². The van der Waals surface area contributed by atoms with Crippen LogP contribution in [0.25, 0.3) is 0 Å². The molecule has 0 spiro atoms. The summed E-state index contributed by atoms with van der Waals surface area (Å²) >= 11 is 0. The molecular weight excluding hydrogens is 368 g/mol. The molecule has 1 aromatic heterocycles. The van der Waals surface area contributed by atoms with Crippen LogP contribution in [0, 0.1) is 0 Å². The number of piperidine rings is 1. The van der Waals surface area contributed by atoms with E-state index in [0.717, 1.165) is 6.42 Å². The van der Waals surface area contributed by atoms with Crippen molar-refractivity contribution in [2.45, 2.75) is 23.8 Å². The predicted octanol–water partition coefficient (Wildman–Crippen LogP) is 1.78. The van der Waals surface area contributed by atoms with E-state index >= 15 is 0 Å². The van der Waals surface area contributed by atoms with Crippen molar-refractivity contribution >= 4 is 15.8 Å². The van der Waals surface area contributed by atoms with E-state index in [9.17, 15) is 8.42 Å². The maximum Gasteiger partial charge on any atom is 0.257 e. The van der Waals surface area contributed by atoms with Crippen molar-refractivity contribution in [2.75, 3.05) is 39.2 Å². The van der Waals surface area contributed by atoms with Gasteiger partial charge in [0.1, 0.15) is 16.7 Å². The minimum atomic E-state index is -3.67. The van der Waals surface area contributed by atoms with Crippen LogP contribution >= 0.6 is 0 Å². The summed E-state index contributed by atoms with van der Waals surface area (Å²) in [7, 11) is 1.51. The SMILES string of the molecule is COc1ccccc1S(=O)(=O)N1CCCC(Oc2nccnc2N(C)C)C1. The summed E-state index contributed by atoms with van der Waals surface area (Å²) in [6.07, 6.45) is 4.33. The van der Waals surface area contributed by atoms with Crippen molar-refractivity contribution in [1.29, 1.82) is 0 Å². The lowest BCUT2D eigenvalue weighted by atomic mass is 10.1. The summed E-state index contributed by atoms with van der Waals surface area (Å²) < 4.78 is 38.9. The molecule has 1 aliphatic rings. The molecule has 27 heavy (non-hydrogen) atoms. The summed E-state index contributed by atoms with van der Waals surface area (Å²) in [5, 5.41) is 0. The molecule has 1 atom stereocenters. The number of ether oxygens (including phenoxy) is 2. The van der Waals surface area contributed by atoms with Crippen LogP contribution in [0.1, 0.15) is 12.8 Å². The standard InChI is InChI=1S/C18H24N4O4S/c1-21(2)17-18(20-11-10-19-17)26-14-7-6-12-22(13-14)27(23,24)16-9-5-4-8-15(16)25-3/h4-5,8-11,14H,6-7,12-13H2,1-3H3. The number of aromatic nitrogens is 2. The van der Waals surface area contributed by atoms with Gasteiger partial charge in [0.15, 0.2) is 5.82 Å². The second kappa shape index (κ2) is 8.10. The van der Waals surface area contributed by atoms with Crippen molar-refractivity contribution in [3.05, 3.63) is 36.7 Å². The highest BCUT2D eigenvalue weighted by Crippen LogP contribution is 2.30. The Balaban J connectivity index is 1.80. The van der Waals surface area contributed by atoms with Gasteiger partial charge in [-0.3, -0.25) is 0 Å². The second-order valence-corrected chi connectivity index (χ2v) is 8.38. The smallest absolute Gasteiger partial charge is 0.257 e. The van der Waals surface area contributed by atoms with Crippen LogP contribution in [0.4, 0.5) is 5.82 Å². The van der Waals surface area contributed by atoms with Gasteiger partial charge in [-0.2, -0.15) is 4.31 Å². The van der Waals surface area contributed by atoms with Gasteiger partial charge in [0, 0.05) is 33.0 Å². The number of hydrogen-bond donors (Lipinski definition) is 0. The van der Waals surface area contributed by atoms with Crippen LogP contribution in [-0.2, 0) is 10.0 Å². The van der Waals surface area contributed by atoms with Crippen molar-refractivity contribution in [3.8, 4) is 11.6 Å². The molecule has 1 fully saturated rings. The number of methoxy groups -OCH3 is 1. The van der Waals surface area contributed by atoms with E-state index in [1.54, 1.807) is 36.7 Å². The van der Waals surface area contributed by atoms with E-state index in [4.69, 9.17) is 9.47 Å². The van der Waals surface area contributed by atoms with Gasteiger partial charge in [0.2, 0.25) is 10.0 Å². The average Bonchev–Trinajstić information content (AvgIpc) is 2.68. The minimum absolute atomic E-state index is 0.168. The zero-order chi connectivity index (χ0) is 19.4. The Hall–Kier alpha value is -2.39. The van der Waals surface area contributed by atoms with E-state index in [0.29, 0.717) is 30.4 Å². The molecule has 0 N–H and O–H groups in total. The second-order valence-electron chi connectivity index (χ2n) is 6.48. The normalized spacial score (nSPS) is 18.1. The molecule has 0 bridgehead atoms. The van der Waals surface area contributed by atoms with Crippen LogP contribution in [-0.4, -0.2) is 63.1 Å². The molecule has 146 valence electrons. The number of nitrogens with zero attached hydrogens (tertiary/aromatic N) is 4. The Morgan fingerprint density at radius 3 is 2.67 bits per heavy atom. The molecule has 0 radical (unpaired) electrons. The minimum Gasteiger partial charge on any atom is -0.495 e. The lowest BCUT2D eigenvalue weighted by molar-refractivity contribution is 0.124. The molecule has 1 saturated heterocycles. The van der Waals surface area contributed by atoms with Crippen LogP contribution in [0.2, 0.25) is 0 Å². The first-order valence-corrected chi connectivity index (χ1v) is 10.2. The number of sulfonamides is 1. The van der Waals surface area contributed by atoms with Crippen LogP contribution in [0.3, 0.4) is 0 Å². The van der Waals surface area contributed by atoms with E-state index in [2.05, 4.69) is 9.97 Å². The zero-order valence-electron chi connectivity index (χ0n) is 15.7. The third kappa shape index (κ3) is 4.14. The average molecular weight is 392 g/mol. The first-order valence-electron chi connectivity index (χ1n) is 8.71. The van der Waals surface area contributed by atoms with Crippen molar-refractivity contribution in [2.24, 2.45) is 0 Å². The van der Waals surface area contributed by atoms with Crippen LogP contribution in [0.5, 0.6) is 11.6 Å². The third-order valence-corrected chi connectivity index (χ3v) is 6.28. The van der Waals surface area contributed by atoms with E-state index in [1.165, 1.54) is 11.4 Å². The molecule has 2 heterocycles. The first-order chi connectivity index (χ1) is 12.9. The quantitative estimate of drug-likeness (QED) is 0.741. The van der Waals surface area contributed by atoms with Crippen molar-refractivity contribution in [1.82, 2.24) is 14.3 Å². The van der Waals surface area contributed by atoms with Gasteiger partial charge >= 0.3 is 0 Å². The molecule has 1 aliphatic heterocycles. The maximum atomic E-state index is 13.1. The molecule has 0 amide bonds. The monoisotopic (exact) mass is 392 g/mol. The number of benzene rings is 1. The van der Waals surface area contributed by atoms with Gasteiger partial charge in [-0.15, -0.1) is 0 Å². The van der Waals surface area contributed by atoms with Crippen LogP contribution in [0.15, 0.2) is 41.6 Å². The molecule has 2 aromatic rings. The van der Waals surface area contributed by atoms with Gasteiger partial charge in [-0.05, 0) is 25.0 Å². The number of hydrogen-bond acceptors (Lipinski definition) is 7. The summed E-state index contributed by atoms with van der Waals surface area (Å²) in [6, 6.07) is 6.65. The van der Waals surface area contributed by atoms with Crippen LogP contribution < -0.4 is 14.4 Å². The highest BCUT2D eigenvalue weighted by Gasteiger charge is 2.33. The number of para-hydroxylation sites is 1. The summed E-state index contributed by atoms with van der Waals surface area (Å²) in [5.41, 5.74) is 0. The molecule has 3 rings (SSSR count). The molecule has 1 unspecified atom stereocenters. The summed E-state index contributed by atoms with van der Waals surface area (Å²) in [6.45, 7) is 0.699. The van der Waals surface area contributed by atoms with Gasteiger partial charge in [-0.25, -0.2) is 18.4 Å². The van der Waals surface area contributed by atoms with Crippen molar-refractivity contribution < 1.29 is 17.9 Å². The molecule has 0 saturated carbocycles. The van der Waals surface area contributed by atoms with E-state index in [1.807, 2.05) is 19.0 Å². The predicted molar refractivity (Wildman–Crippen MR) is 102 cm³/mol. The molecule has 0 aliphatic carbocycles. The zero-order valence-corrected chi connectivity index (χ0v) is 16.5. The number of rotatable bonds is 6. The highest BCUT2D eigenvalue weighted by molar-refractivity contribution is 7.89. The molecule has 8 nitrogen and oxygen atoms in total. The fourth-order valence-electron chi connectivity index (χ4n) is 3.06. The largest absolute Gasteiger partial charge is 0.495 e. The van der Waals surface area contributed by atoms with E-state index < -0.39 is 10.0 Å². The van der Waals surface area contributed by atoms with Gasteiger partial charge < -0.3 is 14.4 Å². The third-order valence-electron chi connectivity index (χ3n) is 4.38. The highest BCUT2D eigenvalue weighted by atomic mass is 32.2. The molecular formula is C18H24N4O4S.